The molecule has 1 heterocycles. The van der Waals surface area contributed by atoms with Crippen LogP contribution in [0.2, 0.25) is 5.02 Å². The fourth-order valence-electron chi connectivity index (χ4n) is 3.37. The summed E-state index contributed by atoms with van der Waals surface area (Å²) in [5, 5.41) is 3.79. The number of halogens is 1. The van der Waals surface area contributed by atoms with Gasteiger partial charge in [0.1, 0.15) is 6.04 Å². The molecule has 0 saturated carbocycles. The van der Waals surface area contributed by atoms with E-state index in [4.69, 9.17) is 16.3 Å². The molecule has 1 N–H and O–H groups in total. The molecule has 1 fully saturated rings. The number of carbonyl (C=O) groups excluding carboxylic acids is 2. The normalized spacial score (nSPS) is 20.7. The Kier molecular flexibility index (Phi) is 7.26. The fraction of sp³-hybridized carbons (Fsp3) is 0.579. The van der Waals surface area contributed by atoms with Crippen molar-refractivity contribution in [2.24, 2.45) is 5.92 Å². The van der Waals surface area contributed by atoms with Gasteiger partial charge in [-0.05, 0) is 37.0 Å². The van der Waals surface area contributed by atoms with E-state index in [1.165, 1.54) is 7.11 Å². The van der Waals surface area contributed by atoms with Crippen molar-refractivity contribution in [3.05, 3.63) is 34.9 Å². The summed E-state index contributed by atoms with van der Waals surface area (Å²) in [4.78, 5) is 26.6. The Morgan fingerprint density at radius 2 is 1.92 bits per heavy atom. The molecule has 25 heavy (non-hydrogen) atoms. The first-order chi connectivity index (χ1) is 12.0. The van der Waals surface area contributed by atoms with Crippen LogP contribution >= 0.6 is 11.6 Å². The zero-order chi connectivity index (χ0) is 18.4. The van der Waals surface area contributed by atoms with E-state index in [2.05, 4.69) is 10.2 Å². The summed E-state index contributed by atoms with van der Waals surface area (Å²) in [6.07, 6.45) is 2.22. The minimum atomic E-state index is -0.340. The molecule has 2 rings (SSSR count). The van der Waals surface area contributed by atoms with Gasteiger partial charge < -0.3 is 10.1 Å². The molecule has 1 aromatic rings. The molecule has 5 nitrogen and oxygen atoms in total. The van der Waals surface area contributed by atoms with Crippen LogP contribution in [-0.4, -0.2) is 42.5 Å². The summed E-state index contributed by atoms with van der Waals surface area (Å²) in [7, 11) is 1.40. The maximum Gasteiger partial charge on any atom is 0.323 e. The second kappa shape index (κ2) is 9.20. The number of rotatable bonds is 7. The fourth-order valence-corrected chi connectivity index (χ4v) is 3.49. The van der Waals surface area contributed by atoms with Gasteiger partial charge >= 0.3 is 5.97 Å². The Morgan fingerprint density at radius 1 is 1.28 bits per heavy atom. The third kappa shape index (κ3) is 5.19. The van der Waals surface area contributed by atoms with Crippen LogP contribution in [0.15, 0.2) is 24.3 Å². The van der Waals surface area contributed by atoms with E-state index in [9.17, 15) is 9.59 Å². The average molecular weight is 367 g/mol. The number of nitrogens with zero attached hydrogens (tertiary/aromatic N) is 1. The van der Waals surface area contributed by atoms with Crippen LogP contribution in [0.3, 0.4) is 0 Å². The van der Waals surface area contributed by atoms with Crippen molar-refractivity contribution in [2.75, 3.05) is 13.7 Å². The summed E-state index contributed by atoms with van der Waals surface area (Å²) in [6, 6.07) is 7.20. The molecule has 0 spiro atoms. The van der Waals surface area contributed by atoms with Crippen molar-refractivity contribution in [1.82, 2.24) is 10.2 Å². The number of methoxy groups -OCH3 is 1. The highest BCUT2D eigenvalue weighted by Gasteiger charge is 2.38. The molecule has 2 atom stereocenters. The molecule has 0 unspecified atom stereocenters. The quantitative estimate of drug-likeness (QED) is 0.753. The number of hydrogen-bond acceptors (Lipinski definition) is 4. The number of hydrogen-bond donors (Lipinski definition) is 1. The molecule has 6 heteroatoms. The monoisotopic (exact) mass is 366 g/mol. The lowest BCUT2D eigenvalue weighted by molar-refractivity contribution is -0.146. The van der Waals surface area contributed by atoms with Gasteiger partial charge in [-0.25, -0.2) is 0 Å². The predicted molar refractivity (Wildman–Crippen MR) is 98.3 cm³/mol. The average Bonchev–Trinajstić information content (AvgIpc) is 2.99. The topological polar surface area (TPSA) is 58.6 Å². The lowest BCUT2D eigenvalue weighted by Gasteiger charge is -2.22. The standard InChI is InChI=1S/C19H27ClN2O3/c1-4-14(5-2)18(23)21-16-10-17(19(24)25-3)22(12-16)11-13-6-8-15(20)9-7-13/h6-9,14,16-17H,4-5,10-12H2,1-3H3,(H,21,23)/t16-,17+/m1/s1. The van der Waals surface area contributed by atoms with Crippen molar-refractivity contribution in [1.29, 1.82) is 0 Å². The maximum atomic E-state index is 12.3. The van der Waals surface area contributed by atoms with Crippen molar-refractivity contribution >= 4 is 23.5 Å². The van der Waals surface area contributed by atoms with Gasteiger partial charge in [0.15, 0.2) is 0 Å². The molecule has 1 aliphatic heterocycles. The van der Waals surface area contributed by atoms with Crippen molar-refractivity contribution < 1.29 is 14.3 Å². The third-order valence-corrected chi connectivity index (χ3v) is 5.13. The van der Waals surface area contributed by atoms with E-state index >= 15 is 0 Å². The van der Waals surface area contributed by atoms with Crippen LogP contribution in [0, 0.1) is 5.92 Å². The first-order valence-electron chi connectivity index (χ1n) is 8.85. The highest BCUT2D eigenvalue weighted by Crippen LogP contribution is 2.23. The van der Waals surface area contributed by atoms with Gasteiger partial charge in [0, 0.05) is 30.1 Å². The minimum absolute atomic E-state index is 0.0295. The Morgan fingerprint density at radius 3 is 2.48 bits per heavy atom. The Bertz CT molecular complexity index is 587. The second-order valence-corrected chi connectivity index (χ2v) is 6.99. The van der Waals surface area contributed by atoms with Gasteiger partial charge in [-0.3, -0.25) is 14.5 Å². The number of ether oxygens (including phenoxy) is 1. The molecular weight excluding hydrogens is 340 g/mol. The van der Waals surface area contributed by atoms with Crippen molar-refractivity contribution in [3.8, 4) is 0 Å². The van der Waals surface area contributed by atoms with Gasteiger partial charge in [-0.1, -0.05) is 37.6 Å². The smallest absolute Gasteiger partial charge is 0.323 e. The first-order valence-corrected chi connectivity index (χ1v) is 9.22. The van der Waals surface area contributed by atoms with Gasteiger partial charge in [0.05, 0.1) is 7.11 Å². The van der Waals surface area contributed by atoms with E-state index < -0.39 is 0 Å². The predicted octanol–water partition coefficient (Wildman–Crippen LogP) is 3.01. The molecule has 0 bridgehead atoms. The van der Waals surface area contributed by atoms with Crippen LogP contribution in [0.5, 0.6) is 0 Å². The Balaban J connectivity index is 2.05. The zero-order valence-electron chi connectivity index (χ0n) is 15.1. The lowest BCUT2D eigenvalue weighted by atomic mass is 10.0. The number of amides is 1. The maximum absolute atomic E-state index is 12.3. The minimum Gasteiger partial charge on any atom is -0.468 e. The molecule has 0 aliphatic carbocycles. The van der Waals surface area contributed by atoms with Crippen LogP contribution in [0.25, 0.3) is 0 Å². The van der Waals surface area contributed by atoms with Crippen LogP contribution in [0.4, 0.5) is 0 Å². The van der Waals surface area contributed by atoms with Crippen LogP contribution in [0.1, 0.15) is 38.7 Å². The van der Waals surface area contributed by atoms with Gasteiger partial charge in [-0.15, -0.1) is 0 Å². The SMILES string of the molecule is CCC(CC)C(=O)N[C@@H]1C[C@@H](C(=O)OC)N(Cc2ccc(Cl)cc2)C1. The molecule has 138 valence electrons. The first kappa shape index (κ1) is 19.7. The van der Waals surface area contributed by atoms with E-state index in [1.807, 2.05) is 38.1 Å². The number of benzene rings is 1. The Labute approximate surface area is 154 Å². The zero-order valence-corrected chi connectivity index (χ0v) is 15.9. The number of likely N-dealkylation sites (tertiary alicyclic amines) is 1. The number of esters is 1. The highest BCUT2D eigenvalue weighted by molar-refractivity contribution is 6.30. The second-order valence-electron chi connectivity index (χ2n) is 6.55. The largest absolute Gasteiger partial charge is 0.468 e. The van der Waals surface area contributed by atoms with E-state index in [-0.39, 0.29) is 29.9 Å². The summed E-state index contributed by atoms with van der Waals surface area (Å²) in [5.74, 6) is -0.151. The van der Waals surface area contributed by atoms with Gasteiger partial charge in [-0.2, -0.15) is 0 Å². The number of carbonyl (C=O) groups is 2. The summed E-state index contributed by atoms with van der Waals surface area (Å²) < 4.78 is 4.95. The molecule has 0 radical (unpaired) electrons. The molecule has 1 aromatic carbocycles. The third-order valence-electron chi connectivity index (χ3n) is 4.88. The summed E-state index contributed by atoms with van der Waals surface area (Å²) in [6.45, 7) is 5.29. The van der Waals surface area contributed by atoms with Crippen LogP contribution in [-0.2, 0) is 20.9 Å². The molecule has 1 amide bonds. The van der Waals surface area contributed by atoms with E-state index in [0.29, 0.717) is 24.5 Å². The molecular formula is C19H27ClN2O3. The molecule has 0 aromatic heterocycles. The van der Waals surface area contributed by atoms with Crippen LogP contribution < -0.4 is 5.32 Å². The van der Waals surface area contributed by atoms with Gasteiger partial charge in [0.2, 0.25) is 5.91 Å². The number of nitrogens with one attached hydrogen (secondary N) is 1. The highest BCUT2D eigenvalue weighted by atomic mass is 35.5. The molecule has 1 aliphatic rings. The lowest BCUT2D eigenvalue weighted by Crippen LogP contribution is -2.40. The summed E-state index contributed by atoms with van der Waals surface area (Å²) >= 11 is 5.93. The van der Waals surface area contributed by atoms with E-state index in [1.54, 1.807) is 0 Å². The summed E-state index contributed by atoms with van der Waals surface area (Å²) in [5.41, 5.74) is 1.07. The van der Waals surface area contributed by atoms with E-state index in [0.717, 1.165) is 18.4 Å². The Hall–Kier alpha value is -1.59. The van der Waals surface area contributed by atoms with Crippen molar-refractivity contribution in [3.63, 3.8) is 0 Å². The van der Waals surface area contributed by atoms with Crippen molar-refractivity contribution in [2.45, 2.75) is 51.7 Å². The van der Waals surface area contributed by atoms with Gasteiger partial charge in [0.25, 0.3) is 0 Å². The molecule has 1 saturated heterocycles.